The first-order valence-corrected chi connectivity index (χ1v) is 6.68. The molecule has 20 heavy (non-hydrogen) atoms. The number of rotatable bonds is 8. The second kappa shape index (κ2) is 7.81. The van der Waals surface area contributed by atoms with Crippen LogP contribution in [0.25, 0.3) is 0 Å². The van der Waals surface area contributed by atoms with Gasteiger partial charge in [0.05, 0.1) is 12.0 Å². The fourth-order valence-electron chi connectivity index (χ4n) is 1.75. The van der Waals surface area contributed by atoms with Crippen LogP contribution in [0.3, 0.4) is 0 Å². The van der Waals surface area contributed by atoms with E-state index in [-0.39, 0.29) is 5.69 Å². The van der Waals surface area contributed by atoms with Crippen molar-refractivity contribution in [1.82, 2.24) is 10.2 Å². The minimum absolute atomic E-state index is 0.0851. The van der Waals surface area contributed by atoms with Crippen molar-refractivity contribution >= 4 is 5.69 Å². The molecule has 1 aromatic carbocycles. The number of ether oxygens (including phenoxy) is 1. The average molecular weight is 281 g/mol. The molecule has 6 nitrogen and oxygen atoms in total. The van der Waals surface area contributed by atoms with Gasteiger partial charge in [0.1, 0.15) is 5.75 Å². The van der Waals surface area contributed by atoms with Gasteiger partial charge in [-0.3, -0.25) is 10.1 Å². The molecule has 6 heteroatoms. The number of nitro groups is 1. The van der Waals surface area contributed by atoms with Gasteiger partial charge >= 0.3 is 0 Å². The van der Waals surface area contributed by atoms with E-state index in [0.29, 0.717) is 18.3 Å². The van der Waals surface area contributed by atoms with Crippen molar-refractivity contribution in [2.24, 2.45) is 0 Å². The van der Waals surface area contributed by atoms with E-state index in [1.807, 2.05) is 0 Å². The van der Waals surface area contributed by atoms with Crippen molar-refractivity contribution in [1.29, 1.82) is 0 Å². The van der Waals surface area contributed by atoms with Crippen LogP contribution in [0.5, 0.6) is 5.75 Å². The molecule has 0 atom stereocenters. The maximum atomic E-state index is 10.8. The Morgan fingerprint density at radius 1 is 1.45 bits per heavy atom. The summed E-state index contributed by atoms with van der Waals surface area (Å²) in [6.07, 6.45) is 0. The Labute approximate surface area is 119 Å². The largest absolute Gasteiger partial charge is 0.496 e. The number of nitro benzene ring substituents is 1. The number of hydrogen-bond donors (Lipinski definition) is 1. The van der Waals surface area contributed by atoms with Crippen molar-refractivity contribution < 1.29 is 9.66 Å². The van der Waals surface area contributed by atoms with Crippen LogP contribution < -0.4 is 10.1 Å². The highest BCUT2D eigenvalue weighted by Crippen LogP contribution is 2.23. The van der Waals surface area contributed by atoms with Crippen LogP contribution in [-0.4, -0.2) is 43.1 Å². The van der Waals surface area contributed by atoms with Crippen molar-refractivity contribution in [3.63, 3.8) is 0 Å². The molecular formula is C14H23N3O3. The fraction of sp³-hybridized carbons (Fsp3) is 0.571. The first-order chi connectivity index (χ1) is 9.45. The molecule has 0 bridgehead atoms. The summed E-state index contributed by atoms with van der Waals surface area (Å²) < 4.78 is 5.22. The molecule has 0 unspecified atom stereocenters. The minimum atomic E-state index is -0.393. The Bertz CT molecular complexity index is 449. The summed E-state index contributed by atoms with van der Waals surface area (Å²) in [7, 11) is 3.64. The number of likely N-dealkylation sites (N-methyl/N-ethyl adjacent to an activating group) is 1. The van der Waals surface area contributed by atoms with Gasteiger partial charge in [-0.25, -0.2) is 0 Å². The van der Waals surface area contributed by atoms with Gasteiger partial charge in [0.25, 0.3) is 5.69 Å². The molecule has 1 rings (SSSR count). The molecule has 0 aliphatic carbocycles. The molecule has 0 saturated heterocycles. The molecule has 0 heterocycles. The highest BCUT2D eigenvalue weighted by Gasteiger charge is 2.11. The normalized spacial score (nSPS) is 11.1. The van der Waals surface area contributed by atoms with Crippen molar-refractivity contribution in [3.05, 3.63) is 33.9 Å². The van der Waals surface area contributed by atoms with Crippen LogP contribution in [0.4, 0.5) is 5.69 Å². The Kier molecular flexibility index (Phi) is 6.41. The van der Waals surface area contributed by atoms with Crippen LogP contribution in [0.1, 0.15) is 19.4 Å². The second-order valence-corrected chi connectivity index (χ2v) is 5.00. The van der Waals surface area contributed by atoms with Gasteiger partial charge in [-0.15, -0.1) is 0 Å². The molecule has 0 radical (unpaired) electrons. The molecule has 0 aliphatic rings. The van der Waals surface area contributed by atoms with E-state index in [0.717, 1.165) is 18.7 Å². The first-order valence-electron chi connectivity index (χ1n) is 6.68. The Hall–Kier alpha value is -1.66. The lowest BCUT2D eigenvalue weighted by Crippen LogP contribution is -2.33. The molecule has 1 N–H and O–H groups in total. The Morgan fingerprint density at radius 3 is 2.70 bits per heavy atom. The molecule has 0 spiro atoms. The average Bonchev–Trinajstić information content (AvgIpc) is 2.42. The van der Waals surface area contributed by atoms with Crippen molar-refractivity contribution in [3.8, 4) is 5.75 Å². The SMILES string of the molecule is COc1ccc([N+](=O)[O-])cc1CNCCN(C)C(C)C. The lowest BCUT2D eigenvalue weighted by Gasteiger charge is -2.21. The molecule has 0 aromatic heterocycles. The molecular weight excluding hydrogens is 258 g/mol. The van der Waals surface area contributed by atoms with Crippen LogP contribution in [-0.2, 0) is 6.54 Å². The summed E-state index contributed by atoms with van der Waals surface area (Å²) in [6.45, 7) is 6.58. The number of nitrogens with one attached hydrogen (secondary N) is 1. The zero-order valence-electron chi connectivity index (χ0n) is 12.5. The van der Waals surface area contributed by atoms with Crippen LogP contribution in [0, 0.1) is 10.1 Å². The van der Waals surface area contributed by atoms with Gasteiger partial charge in [0, 0.05) is 43.4 Å². The first kappa shape index (κ1) is 16.4. The lowest BCUT2D eigenvalue weighted by atomic mass is 10.1. The summed E-state index contributed by atoms with van der Waals surface area (Å²) in [4.78, 5) is 12.6. The highest BCUT2D eigenvalue weighted by atomic mass is 16.6. The summed E-state index contributed by atoms with van der Waals surface area (Å²) in [5, 5.41) is 14.1. The van der Waals surface area contributed by atoms with E-state index >= 15 is 0 Å². The number of hydrogen-bond acceptors (Lipinski definition) is 5. The maximum absolute atomic E-state index is 10.8. The minimum Gasteiger partial charge on any atom is -0.496 e. The molecule has 112 valence electrons. The molecule has 0 fully saturated rings. The third kappa shape index (κ3) is 4.79. The standard InChI is InChI=1S/C14H23N3O3/c1-11(2)16(3)8-7-15-10-12-9-13(17(18)19)5-6-14(12)20-4/h5-6,9,11,15H,7-8,10H2,1-4H3. The monoisotopic (exact) mass is 281 g/mol. The summed E-state index contributed by atoms with van der Waals surface area (Å²) in [6, 6.07) is 5.14. The van der Waals surface area contributed by atoms with E-state index in [1.54, 1.807) is 19.2 Å². The van der Waals surface area contributed by atoms with Crippen molar-refractivity contribution in [2.45, 2.75) is 26.4 Å². The second-order valence-electron chi connectivity index (χ2n) is 5.00. The zero-order valence-corrected chi connectivity index (χ0v) is 12.5. The summed E-state index contributed by atoms with van der Waals surface area (Å²) >= 11 is 0. The third-order valence-corrected chi connectivity index (χ3v) is 3.31. The van der Waals surface area contributed by atoms with E-state index in [1.165, 1.54) is 6.07 Å². The van der Waals surface area contributed by atoms with E-state index in [4.69, 9.17) is 4.74 Å². The highest BCUT2D eigenvalue weighted by molar-refractivity contribution is 5.43. The van der Waals surface area contributed by atoms with Crippen LogP contribution >= 0.6 is 0 Å². The molecule has 0 amide bonds. The van der Waals surface area contributed by atoms with Gasteiger partial charge in [0.15, 0.2) is 0 Å². The maximum Gasteiger partial charge on any atom is 0.270 e. The fourth-order valence-corrected chi connectivity index (χ4v) is 1.75. The van der Waals surface area contributed by atoms with Gasteiger partial charge in [-0.05, 0) is 27.0 Å². The van der Waals surface area contributed by atoms with Crippen LogP contribution in [0.15, 0.2) is 18.2 Å². The predicted molar refractivity (Wildman–Crippen MR) is 79.1 cm³/mol. The Morgan fingerprint density at radius 2 is 2.15 bits per heavy atom. The number of non-ortho nitro benzene ring substituents is 1. The Balaban J connectivity index is 2.57. The smallest absolute Gasteiger partial charge is 0.270 e. The molecule has 0 saturated carbocycles. The van der Waals surface area contributed by atoms with Gasteiger partial charge in [-0.1, -0.05) is 0 Å². The third-order valence-electron chi connectivity index (χ3n) is 3.31. The summed E-state index contributed by atoms with van der Waals surface area (Å²) in [5.74, 6) is 0.667. The molecule has 1 aromatic rings. The zero-order chi connectivity index (χ0) is 15.1. The number of benzene rings is 1. The topological polar surface area (TPSA) is 67.6 Å². The number of nitrogens with zero attached hydrogens (tertiary/aromatic N) is 2. The number of methoxy groups -OCH3 is 1. The van der Waals surface area contributed by atoms with Gasteiger partial charge in [0.2, 0.25) is 0 Å². The van der Waals surface area contributed by atoms with Crippen molar-refractivity contribution in [2.75, 3.05) is 27.2 Å². The van der Waals surface area contributed by atoms with E-state index in [2.05, 4.69) is 31.1 Å². The van der Waals surface area contributed by atoms with Gasteiger partial charge in [-0.2, -0.15) is 0 Å². The predicted octanol–water partition coefficient (Wildman–Crippen LogP) is 2.03. The summed E-state index contributed by atoms with van der Waals surface area (Å²) in [5.41, 5.74) is 0.885. The van der Waals surface area contributed by atoms with Crippen LogP contribution in [0.2, 0.25) is 0 Å². The van der Waals surface area contributed by atoms with E-state index < -0.39 is 4.92 Å². The lowest BCUT2D eigenvalue weighted by molar-refractivity contribution is -0.384. The van der Waals surface area contributed by atoms with Gasteiger partial charge < -0.3 is 15.0 Å². The molecule has 0 aliphatic heterocycles. The quantitative estimate of drug-likeness (QED) is 0.448. The van der Waals surface area contributed by atoms with E-state index in [9.17, 15) is 10.1 Å².